The number of rotatable bonds is 6. The number of anilines is 1. The summed E-state index contributed by atoms with van der Waals surface area (Å²) in [6, 6.07) is 20.7. The first-order valence-electron chi connectivity index (χ1n) is 9.51. The first kappa shape index (κ1) is 21.3. The number of nitrogens with one attached hydrogen (secondary N) is 1. The highest BCUT2D eigenvalue weighted by molar-refractivity contribution is 9.10. The highest BCUT2D eigenvalue weighted by Gasteiger charge is 2.34. The van der Waals surface area contributed by atoms with Crippen LogP contribution >= 0.6 is 15.9 Å². The lowest BCUT2D eigenvalue weighted by atomic mass is 10.1. The van der Waals surface area contributed by atoms with Gasteiger partial charge in [-0.25, -0.2) is 5.01 Å². The number of ether oxygens (including phenoxy) is 1. The van der Waals surface area contributed by atoms with Crippen LogP contribution in [0.4, 0.5) is 11.4 Å². The first-order valence-corrected chi connectivity index (χ1v) is 10.3. The van der Waals surface area contributed by atoms with Crippen molar-refractivity contribution in [3.8, 4) is 5.75 Å². The molecule has 0 radical (unpaired) electrons. The van der Waals surface area contributed by atoms with E-state index in [2.05, 4.69) is 21.4 Å². The zero-order valence-corrected chi connectivity index (χ0v) is 18.1. The van der Waals surface area contributed by atoms with Crippen LogP contribution in [0, 0.1) is 10.1 Å². The molecule has 32 heavy (non-hydrogen) atoms. The average Bonchev–Trinajstić information content (AvgIpc) is 3.07. The number of amides is 2. The van der Waals surface area contributed by atoms with Crippen LogP contribution in [-0.4, -0.2) is 16.7 Å². The highest BCUT2D eigenvalue weighted by Crippen LogP contribution is 2.38. The molecule has 3 aromatic rings. The van der Waals surface area contributed by atoms with Crippen LogP contribution < -0.4 is 15.2 Å². The number of carbonyl (C=O) groups excluding carboxylic acids is 2. The zero-order chi connectivity index (χ0) is 22.7. The number of hydrogen-bond donors (Lipinski definition) is 1. The number of nitro groups is 1. The minimum atomic E-state index is -0.595. The van der Waals surface area contributed by atoms with Crippen molar-refractivity contribution < 1.29 is 19.2 Å². The molecule has 1 N–H and O–H groups in total. The number of benzene rings is 3. The Morgan fingerprint density at radius 3 is 2.34 bits per heavy atom. The number of para-hydroxylation sites is 1. The molecule has 0 saturated carbocycles. The first-order chi connectivity index (χ1) is 15.4. The summed E-state index contributed by atoms with van der Waals surface area (Å²) < 4.78 is 6.03. The maximum atomic E-state index is 12.8. The molecule has 0 atom stereocenters. The largest absolute Gasteiger partial charge is 0.481 e. The number of halogens is 1. The van der Waals surface area contributed by atoms with E-state index in [1.54, 1.807) is 36.4 Å². The van der Waals surface area contributed by atoms with Gasteiger partial charge in [0.05, 0.1) is 15.1 Å². The Bertz CT molecular complexity index is 1230. The second-order valence-corrected chi connectivity index (χ2v) is 7.71. The van der Waals surface area contributed by atoms with Crippen LogP contribution in [0.3, 0.4) is 0 Å². The van der Waals surface area contributed by atoms with E-state index < -0.39 is 16.7 Å². The fourth-order valence-electron chi connectivity index (χ4n) is 3.17. The van der Waals surface area contributed by atoms with Gasteiger partial charge in [-0.2, -0.15) is 0 Å². The molecule has 2 amide bonds. The molecule has 3 aromatic carbocycles. The van der Waals surface area contributed by atoms with Crippen molar-refractivity contribution in [2.75, 3.05) is 5.01 Å². The maximum absolute atomic E-state index is 12.8. The van der Waals surface area contributed by atoms with Crippen molar-refractivity contribution in [2.24, 2.45) is 0 Å². The highest BCUT2D eigenvalue weighted by atomic mass is 79.9. The average molecular weight is 494 g/mol. The summed E-state index contributed by atoms with van der Waals surface area (Å²) in [4.78, 5) is 36.2. The molecule has 0 aromatic heterocycles. The van der Waals surface area contributed by atoms with Gasteiger partial charge in [0.2, 0.25) is 5.75 Å². The van der Waals surface area contributed by atoms with Gasteiger partial charge in [0.15, 0.2) is 0 Å². The molecule has 8 nitrogen and oxygen atoms in total. The molecule has 1 aliphatic rings. The van der Waals surface area contributed by atoms with Gasteiger partial charge in [0.1, 0.15) is 12.2 Å². The monoisotopic (exact) mass is 493 g/mol. The molecule has 0 spiro atoms. The molecule has 9 heteroatoms. The lowest BCUT2D eigenvalue weighted by molar-refractivity contribution is -0.386. The Balaban J connectivity index is 1.64. The number of carbonyl (C=O) groups is 2. The molecular formula is C23H16BrN3O5. The molecule has 0 bridgehead atoms. The van der Waals surface area contributed by atoms with Gasteiger partial charge in [0.25, 0.3) is 11.8 Å². The second kappa shape index (κ2) is 9.03. The fraction of sp³-hybridized carbons (Fsp3) is 0.0435. The third-order valence-electron chi connectivity index (χ3n) is 4.69. The number of nitro benzene ring substituents is 1. The van der Waals surface area contributed by atoms with Crippen LogP contribution in [0.15, 0.2) is 82.8 Å². The third-order valence-corrected chi connectivity index (χ3v) is 5.27. The van der Waals surface area contributed by atoms with Crippen molar-refractivity contribution in [3.05, 3.63) is 104 Å². The predicted octanol–water partition coefficient (Wildman–Crippen LogP) is 4.40. The Morgan fingerprint density at radius 1 is 1.03 bits per heavy atom. The van der Waals surface area contributed by atoms with Gasteiger partial charge in [-0.3, -0.25) is 25.1 Å². The zero-order valence-electron chi connectivity index (χ0n) is 16.5. The van der Waals surface area contributed by atoms with Gasteiger partial charge in [0, 0.05) is 6.07 Å². The Kier molecular flexibility index (Phi) is 6.00. The van der Waals surface area contributed by atoms with Crippen molar-refractivity contribution in [1.29, 1.82) is 0 Å². The van der Waals surface area contributed by atoms with E-state index in [1.807, 2.05) is 30.3 Å². The van der Waals surface area contributed by atoms with E-state index in [0.717, 1.165) is 10.6 Å². The molecule has 1 fully saturated rings. The lowest BCUT2D eigenvalue weighted by Gasteiger charge is -2.13. The maximum Gasteiger partial charge on any atom is 0.312 e. The van der Waals surface area contributed by atoms with Crippen LogP contribution in [0.1, 0.15) is 11.1 Å². The molecule has 0 unspecified atom stereocenters. The molecule has 160 valence electrons. The van der Waals surface area contributed by atoms with Crippen LogP contribution in [-0.2, 0) is 16.2 Å². The van der Waals surface area contributed by atoms with Crippen LogP contribution in [0.5, 0.6) is 5.75 Å². The van der Waals surface area contributed by atoms with Crippen molar-refractivity contribution in [1.82, 2.24) is 5.43 Å². The van der Waals surface area contributed by atoms with Gasteiger partial charge in [-0.05, 0) is 51.3 Å². The standard InChI is InChI=1S/C23H16BrN3O5/c24-19-12-16(11-18-22(28)25-26(23(18)29)17-9-5-2-6-10-17)13-20(27(30)31)21(19)32-14-15-7-3-1-4-8-15/h1-13H,14H2,(H,25,28). The molecule has 1 heterocycles. The Labute approximate surface area is 191 Å². The minimum Gasteiger partial charge on any atom is -0.481 e. The third kappa shape index (κ3) is 4.37. The summed E-state index contributed by atoms with van der Waals surface area (Å²) in [6.07, 6.45) is 1.32. The molecule has 0 aliphatic carbocycles. The summed E-state index contributed by atoms with van der Waals surface area (Å²) >= 11 is 3.31. The van der Waals surface area contributed by atoms with Gasteiger partial charge in [-0.1, -0.05) is 48.5 Å². The quantitative estimate of drug-likeness (QED) is 0.237. The van der Waals surface area contributed by atoms with Crippen molar-refractivity contribution in [2.45, 2.75) is 6.61 Å². The SMILES string of the molecule is O=C1NN(c2ccccc2)C(=O)C1=Cc1cc(Br)c(OCc2ccccc2)c([N+](=O)[O-])c1. The van der Waals surface area contributed by atoms with Gasteiger partial charge >= 0.3 is 5.69 Å². The summed E-state index contributed by atoms with van der Waals surface area (Å²) in [5, 5.41) is 12.8. The number of nitrogens with zero attached hydrogens (tertiary/aromatic N) is 2. The normalized spacial score (nSPS) is 14.5. The lowest BCUT2D eigenvalue weighted by Crippen LogP contribution is -2.35. The molecular weight excluding hydrogens is 478 g/mol. The van der Waals surface area contributed by atoms with E-state index in [1.165, 1.54) is 12.1 Å². The Hall–Kier alpha value is -3.98. The molecule has 1 aliphatic heterocycles. The minimum absolute atomic E-state index is 0.0640. The smallest absolute Gasteiger partial charge is 0.312 e. The van der Waals surface area contributed by atoms with E-state index in [-0.39, 0.29) is 23.6 Å². The van der Waals surface area contributed by atoms with Crippen molar-refractivity contribution >= 4 is 45.2 Å². The Morgan fingerprint density at radius 2 is 1.69 bits per heavy atom. The number of hydrazine groups is 1. The fourth-order valence-corrected chi connectivity index (χ4v) is 3.76. The summed E-state index contributed by atoms with van der Waals surface area (Å²) in [5.74, 6) is -1.08. The number of hydrogen-bond acceptors (Lipinski definition) is 5. The van der Waals surface area contributed by atoms with E-state index in [4.69, 9.17) is 4.74 Å². The van der Waals surface area contributed by atoms with E-state index in [9.17, 15) is 19.7 Å². The summed E-state index contributed by atoms with van der Waals surface area (Å²) in [5.41, 5.74) is 3.75. The summed E-state index contributed by atoms with van der Waals surface area (Å²) in [6.45, 7) is 0.146. The second-order valence-electron chi connectivity index (χ2n) is 6.86. The summed E-state index contributed by atoms with van der Waals surface area (Å²) in [7, 11) is 0. The predicted molar refractivity (Wildman–Crippen MR) is 122 cm³/mol. The topological polar surface area (TPSA) is 102 Å². The van der Waals surface area contributed by atoms with Gasteiger partial charge in [-0.15, -0.1) is 0 Å². The molecule has 4 rings (SSSR count). The van der Waals surface area contributed by atoms with E-state index >= 15 is 0 Å². The molecule has 1 saturated heterocycles. The van der Waals surface area contributed by atoms with Crippen molar-refractivity contribution in [3.63, 3.8) is 0 Å². The van der Waals surface area contributed by atoms with Gasteiger partial charge < -0.3 is 4.74 Å². The van der Waals surface area contributed by atoms with Crippen LogP contribution in [0.25, 0.3) is 6.08 Å². The van der Waals surface area contributed by atoms with Crippen LogP contribution in [0.2, 0.25) is 0 Å². The van der Waals surface area contributed by atoms with E-state index in [0.29, 0.717) is 15.7 Å².